The number of ether oxygens (including phenoxy) is 2. The van der Waals surface area contributed by atoms with Crippen LogP contribution < -0.4 is 20.9 Å². The first-order valence-electron chi connectivity index (χ1n) is 14.0. The molecule has 10 nitrogen and oxygen atoms in total. The highest BCUT2D eigenvalue weighted by Crippen LogP contribution is 2.28. The molecule has 3 aromatic rings. The zero-order chi connectivity index (χ0) is 28.6. The topological polar surface area (TPSA) is 108 Å². The molecule has 1 unspecified atom stereocenters. The highest BCUT2D eigenvalue weighted by Gasteiger charge is 2.26. The van der Waals surface area contributed by atoms with E-state index in [0.29, 0.717) is 36.6 Å². The van der Waals surface area contributed by atoms with Crippen molar-refractivity contribution in [1.29, 1.82) is 0 Å². The Bertz CT molecular complexity index is 1320. The van der Waals surface area contributed by atoms with Gasteiger partial charge >= 0.3 is 0 Å². The number of nitrogens with one attached hydrogen (secondary N) is 3. The van der Waals surface area contributed by atoms with Crippen LogP contribution in [0.2, 0.25) is 0 Å². The van der Waals surface area contributed by atoms with Gasteiger partial charge in [-0.15, -0.1) is 11.3 Å². The fourth-order valence-corrected chi connectivity index (χ4v) is 6.16. The lowest BCUT2D eigenvalue weighted by atomic mass is 10.0. The van der Waals surface area contributed by atoms with Gasteiger partial charge in [0, 0.05) is 71.5 Å². The van der Waals surface area contributed by atoms with Crippen LogP contribution >= 0.6 is 11.3 Å². The third kappa shape index (κ3) is 7.30. The SMILES string of the molecule is COCCNC(=O)c1cc(CN2CCNCC2c2ccccc2)ccc1NC(=O)c1csc(N2CC[C@H](OC)C2)n1. The quantitative estimate of drug-likeness (QED) is 0.298. The van der Waals surface area contributed by atoms with E-state index in [1.807, 2.05) is 24.3 Å². The summed E-state index contributed by atoms with van der Waals surface area (Å²) in [6, 6.07) is 16.4. The van der Waals surface area contributed by atoms with Crippen LogP contribution in [0.1, 0.15) is 44.4 Å². The van der Waals surface area contributed by atoms with Crippen LogP contribution in [-0.2, 0) is 16.0 Å². The first-order valence-corrected chi connectivity index (χ1v) is 14.9. The van der Waals surface area contributed by atoms with Crippen LogP contribution in [0.3, 0.4) is 0 Å². The van der Waals surface area contributed by atoms with E-state index in [1.54, 1.807) is 19.6 Å². The predicted octanol–water partition coefficient (Wildman–Crippen LogP) is 3.14. The smallest absolute Gasteiger partial charge is 0.275 e. The summed E-state index contributed by atoms with van der Waals surface area (Å²) >= 11 is 1.44. The molecule has 2 fully saturated rings. The molecule has 0 spiro atoms. The van der Waals surface area contributed by atoms with Gasteiger partial charge in [0.25, 0.3) is 11.8 Å². The number of carbonyl (C=O) groups excluding carboxylic acids is 2. The van der Waals surface area contributed by atoms with Gasteiger partial charge in [0.15, 0.2) is 5.13 Å². The molecular formula is C30H38N6O4S. The summed E-state index contributed by atoms with van der Waals surface area (Å²) < 4.78 is 10.6. The lowest BCUT2D eigenvalue weighted by molar-refractivity contribution is 0.0937. The molecule has 0 bridgehead atoms. The number of aromatic nitrogens is 1. The monoisotopic (exact) mass is 578 g/mol. The van der Waals surface area contributed by atoms with Crippen LogP contribution in [0, 0.1) is 0 Å². The lowest BCUT2D eigenvalue weighted by Crippen LogP contribution is -2.45. The zero-order valence-electron chi connectivity index (χ0n) is 23.6. The van der Waals surface area contributed by atoms with Crippen molar-refractivity contribution in [1.82, 2.24) is 20.5 Å². The van der Waals surface area contributed by atoms with Gasteiger partial charge in [-0.05, 0) is 29.7 Å². The molecule has 218 valence electrons. The number of carbonyl (C=O) groups is 2. The summed E-state index contributed by atoms with van der Waals surface area (Å²) in [7, 11) is 3.31. The Balaban J connectivity index is 1.33. The molecule has 2 amide bonds. The average Bonchev–Trinajstić information content (AvgIpc) is 3.69. The molecule has 5 rings (SSSR count). The second kappa shape index (κ2) is 14.0. The summed E-state index contributed by atoms with van der Waals surface area (Å²) in [6.45, 7) is 5.71. The third-order valence-electron chi connectivity index (χ3n) is 7.57. The summed E-state index contributed by atoms with van der Waals surface area (Å²) in [5.74, 6) is -0.610. The molecule has 2 aliphatic rings. The number of methoxy groups -OCH3 is 2. The van der Waals surface area contributed by atoms with E-state index in [0.717, 1.165) is 49.8 Å². The maximum Gasteiger partial charge on any atom is 0.275 e. The van der Waals surface area contributed by atoms with E-state index in [9.17, 15) is 9.59 Å². The van der Waals surface area contributed by atoms with E-state index in [4.69, 9.17) is 9.47 Å². The average molecular weight is 579 g/mol. The number of nitrogens with zero attached hydrogens (tertiary/aromatic N) is 3. The fraction of sp³-hybridized carbons (Fsp3) is 0.433. The van der Waals surface area contributed by atoms with Crippen molar-refractivity contribution in [2.75, 3.05) is 70.3 Å². The molecular weight excluding hydrogens is 540 g/mol. The maximum absolute atomic E-state index is 13.3. The van der Waals surface area contributed by atoms with Gasteiger partial charge in [-0.1, -0.05) is 36.4 Å². The van der Waals surface area contributed by atoms with Gasteiger partial charge in [-0.3, -0.25) is 14.5 Å². The number of amides is 2. The van der Waals surface area contributed by atoms with Crippen LogP contribution in [-0.4, -0.2) is 87.9 Å². The van der Waals surface area contributed by atoms with E-state index in [-0.39, 0.29) is 24.0 Å². The summed E-state index contributed by atoms with van der Waals surface area (Å²) in [6.07, 6.45) is 1.11. The Morgan fingerprint density at radius 1 is 1.12 bits per heavy atom. The fourth-order valence-electron chi connectivity index (χ4n) is 5.32. The molecule has 0 radical (unpaired) electrons. The Morgan fingerprint density at radius 2 is 1.98 bits per heavy atom. The number of piperazine rings is 1. The minimum absolute atomic E-state index is 0.179. The molecule has 3 heterocycles. The predicted molar refractivity (Wildman–Crippen MR) is 161 cm³/mol. The molecule has 2 atom stereocenters. The molecule has 0 aliphatic carbocycles. The number of thiazole rings is 1. The van der Waals surface area contributed by atoms with E-state index < -0.39 is 0 Å². The third-order valence-corrected chi connectivity index (χ3v) is 8.47. The Morgan fingerprint density at radius 3 is 2.76 bits per heavy atom. The van der Waals surface area contributed by atoms with Crippen molar-refractivity contribution >= 4 is 34.0 Å². The largest absolute Gasteiger partial charge is 0.383 e. The number of benzene rings is 2. The van der Waals surface area contributed by atoms with Crippen LogP contribution in [0.15, 0.2) is 53.9 Å². The van der Waals surface area contributed by atoms with Gasteiger partial charge < -0.3 is 30.3 Å². The highest BCUT2D eigenvalue weighted by molar-refractivity contribution is 7.14. The molecule has 0 saturated carbocycles. The highest BCUT2D eigenvalue weighted by atomic mass is 32.1. The number of anilines is 2. The minimum Gasteiger partial charge on any atom is -0.383 e. The van der Waals surface area contributed by atoms with Crippen molar-refractivity contribution < 1.29 is 19.1 Å². The zero-order valence-corrected chi connectivity index (χ0v) is 24.4. The van der Waals surface area contributed by atoms with Crippen molar-refractivity contribution in [3.63, 3.8) is 0 Å². The van der Waals surface area contributed by atoms with Gasteiger partial charge in [-0.25, -0.2) is 4.98 Å². The second-order valence-corrected chi connectivity index (χ2v) is 11.1. The van der Waals surface area contributed by atoms with Crippen LogP contribution in [0.4, 0.5) is 10.8 Å². The molecule has 3 N–H and O–H groups in total. The van der Waals surface area contributed by atoms with Gasteiger partial charge in [0.1, 0.15) is 5.69 Å². The summed E-state index contributed by atoms with van der Waals surface area (Å²) in [5.41, 5.74) is 3.45. The van der Waals surface area contributed by atoms with Crippen molar-refractivity contribution in [3.8, 4) is 0 Å². The number of rotatable bonds is 11. The van der Waals surface area contributed by atoms with Gasteiger partial charge in [0.2, 0.25) is 0 Å². The molecule has 2 aliphatic heterocycles. The maximum atomic E-state index is 13.3. The van der Waals surface area contributed by atoms with Gasteiger partial charge in [-0.2, -0.15) is 0 Å². The first-order chi connectivity index (χ1) is 20.1. The van der Waals surface area contributed by atoms with Crippen LogP contribution in [0.25, 0.3) is 0 Å². The Labute approximate surface area is 245 Å². The van der Waals surface area contributed by atoms with Gasteiger partial charge in [0.05, 0.1) is 24.0 Å². The Kier molecular flexibility index (Phi) is 9.97. The Hall–Kier alpha value is -3.35. The van der Waals surface area contributed by atoms with E-state index in [1.165, 1.54) is 16.9 Å². The summed E-state index contributed by atoms with van der Waals surface area (Å²) in [4.78, 5) is 35.6. The van der Waals surface area contributed by atoms with Crippen molar-refractivity contribution in [3.05, 3.63) is 76.3 Å². The minimum atomic E-state index is -0.347. The lowest BCUT2D eigenvalue weighted by Gasteiger charge is -2.36. The van der Waals surface area contributed by atoms with Crippen molar-refractivity contribution in [2.45, 2.75) is 25.1 Å². The summed E-state index contributed by atoms with van der Waals surface area (Å²) in [5, 5.41) is 11.9. The standard InChI is InChI=1S/C30H38N6O4S/c1-39-15-12-32-28(37)24-16-21(18-35-14-11-31-17-27(35)22-6-4-3-5-7-22)8-9-25(24)33-29(38)26-20-41-30(34-26)36-13-10-23(19-36)40-2/h3-9,16,20,23,27,31H,10-15,17-19H2,1-2H3,(H,32,37)(H,33,38)/t23-,27?/m0/s1. The van der Waals surface area contributed by atoms with E-state index >= 15 is 0 Å². The second-order valence-electron chi connectivity index (χ2n) is 10.3. The normalized spacial score (nSPS) is 19.3. The molecule has 2 saturated heterocycles. The molecule has 1 aromatic heterocycles. The molecule has 11 heteroatoms. The van der Waals surface area contributed by atoms with Crippen LogP contribution in [0.5, 0.6) is 0 Å². The molecule has 41 heavy (non-hydrogen) atoms. The number of hydrogen-bond acceptors (Lipinski definition) is 9. The first kappa shape index (κ1) is 29.2. The molecule has 2 aromatic carbocycles. The number of hydrogen-bond donors (Lipinski definition) is 3. The van der Waals surface area contributed by atoms with E-state index in [2.05, 4.69) is 55.0 Å². The van der Waals surface area contributed by atoms with Crippen molar-refractivity contribution in [2.24, 2.45) is 0 Å².